The van der Waals surface area contributed by atoms with Gasteiger partial charge in [-0.2, -0.15) is 0 Å². The van der Waals surface area contributed by atoms with E-state index in [2.05, 4.69) is 0 Å². The number of carboxylic acids is 1. The zero-order valence-electron chi connectivity index (χ0n) is 11.8. The van der Waals surface area contributed by atoms with Gasteiger partial charge in [-0.15, -0.1) is 0 Å². The van der Waals surface area contributed by atoms with Crippen LogP contribution in [-0.2, 0) is 16.1 Å². The summed E-state index contributed by atoms with van der Waals surface area (Å²) in [5.74, 6) is -0.706. The number of ether oxygens (including phenoxy) is 1. The number of carbonyl (C=O) groups excluding carboxylic acids is 1. The molecule has 0 bridgehead atoms. The molecule has 5 nitrogen and oxygen atoms in total. The van der Waals surface area contributed by atoms with E-state index in [1.165, 1.54) is 0 Å². The van der Waals surface area contributed by atoms with Crippen molar-refractivity contribution in [1.29, 1.82) is 0 Å². The van der Waals surface area contributed by atoms with Gasteiger partial charge >= 0.3 is 12.1 Å². The average molecular weight is 289 g/mol. The summed E-state index contributed by atoms with van der Waals surface area (Å²) in [7, 11) is 0. The second kappa shape index (κ2) is 5.39. The summed E-state index contributed by atoms with van der Waals surface area (Å²) in [4.78, 5) is 25.3. The standard InChI is InChI=1S/C16H19NO4/c18-14(19)16-8-4-7-13(16)9-17(11-16)15(20)21-10-12-5-2-1-3-6-12/h1-3,5-6,13H,4,7-11H2,(H,18,19)/t13-,16+/m0/s1. The Bertz CT molecular complexity index is 544. The number of hydrogen-bond donors (Lipinski definition) is 1. The third kappa shape index (κ3) is 2.48. The molecule has 2 fully saturated rings. The quantitative estimate of drug-likeness (QED) is 0.928. The number of rotatable bonds is 3. The fraction of sp³-hybridized carbons (Fsp3) is 0.500. The average Bonchev–Trinajstić information content (AvgIpc) is 3.03. The highest BCUT2D eigenvalue weighted by Crippen LogP contribution is 2.48. The van der Waals surface area contributed by atoms with Crippen LogP contribution in [0.15, 0.2) is 30.3 Å². The molecule has 2 atom stereocenters. The molecule has 1 aliphatic heterocycles. The maximum Gasteiger partial charge on any atom is 0.410 e. The first kappa shape index (κ1) is 13.9. The van der Waals surface area contributed by atoms with Gasteiger partial charge in [0.25, 0.3) is 0 Å². The van der Waals surface area contributed by atoms with Crippen molar-refractivity contribution in [2.45, 2.75) is 25.9 Å². The van der Waals surface area contributed by atoms with Gasteiger partial charge in [-0.05, 0) is 24.3 Å². The zero-order valence-corrected chi connectivity index (χ0v) is 11.8. The fourth-order valence-electron chi connectivity index (χ4n) is 3.59. The lowest BCUT2D eigenvalue weighted by atomic mass is 9.81. The van der Waals surface area contributed by atoms with Gasteiger partial charge in [0.2, 0.25) is 0 Å². The van der Waals surface area contributed by atoms with Crippen LogP contribution in [0.3, 0.4) is 0 Å². The molecule has 1 aromatic carbocycles. The lowest BCUT2D eigenvalue weighted by Crippen LogP contribution is -2.37. The molecule has 1 saturated carbocycles. The number of amides is 1. The van der Waals surface area contributed by atoms with Crippen molar-refractivity contribution in [1.82, 2.24) is 4.90 Å². The lowest BCUT2D eigenvalue weighted by Gasteiger charge is -2.23. The van der Waals surface area contributed by atoms with E-state index < -0.39 is 17.5 Å². The van der Waals surface area contributed by atoms with Crippen molar-refractivity contribution in [2.24, 2.45) is 11.3 Å². The minimum atomic E-state index is -0.775. The smallest absolute Gasteiger partial charge is 0.410 e. The monoisotopic (exact) mass is 289 g/mol. The van der Waals surface area contributed by atoms with E-state index >= 15 is 0 Å². The Morgan fingerprint density at radius 3 is 2.76 bits per heavy atom. The van der Waals surface area contributed by atoms with Crippen LogP contribution in [-0.4, -0.2) is 35.2 Å². The van der Waals surface area contributed by atoms with Crippen molar-refractivity contribution in [3.8, 4) is 0 Å². The van der Waals surface area contributed by atoms with Gasteiger partial charge in [-0.25, -0.2) is 4.79 Å². The molecule has 112 valence electrons. The normalized spacial score (nSPS) is 27.4. The molecule has 1 amide bonds. The molecule has 1 saturated heterocycles. The predicted molar refractivity (Wildman–Crippen MR) is 75.6 cm³/mol. The largest absolute Gasteiger partial charge is 0.481 e. The summed E-state index contributed by atoms with van der Waals surface area (Å²) in [6, 6.07) is 9.48. The predicted octanol–water partition coefficient (Wildman–Crippen LogP) is 2.51. The molecule has 0 unspecified atom stereocenters. The number of fused-ring (bicyclic) bond motifs is 1. The number of carbonyl (C=O) groups is 2. The van der Waals surface area contributed by atoms with Gasteiger partial charge in [-0.1, -0.05) is 36.8 Å². The summed E-state index contributed by atoms with van der Waals surface area (Å²) < 4.78 is 5.30. The Hall–Kier alpha value is -2.04. The molecule has 1 aliphatic carbocycles. The summed E-state index contributed by atoms with van der Waals surface area (Å²) in [6.45, 7) is 1.00. The van der Waals surface area contributed by atoms with E-state index in [0.29, 0.717) is 13.0 Å². The molecule has 0 aromatic heterocycles. The zero-order chi connectivity index (χ0) is 14.9. The van der Waals surface area contributed by atoms with Gasteiger partial charge in [0.1, 0.15) is 6.61 Å². The molecule has 1 aromatic rings. The number of benzene rings is 1. The summed E-state index contributed by atoms with van der Waals surface area (Å²) in [5.41, 5.74) is 0.185. The van der Waals surface area contributed by atoms with Crippen LogP contribution in [0.25, 0.3) is 0 Å². The number of aliphatic carboxylic acids is 1. The molecule has 5 heteroatoms. The Kier molecular flexibility index (Phi) is 3.57. The summed E-state index contributed by atoms with van der Waals surface area (Å²) >= 11 is 0. The van der Waals surface area contributed by atoms with Gasteiger partial charge < -0.3 is 14.7 Å². The minimum absolute atomic E-state index is 0.0688. The van der Waals surface area contributed by atoms with Crippen molar-refractivity contribution >= 4 is 12.1 Å². The second-order valence-corrected chi connectivity index (χ2v) is 5.97. The van der Waals surface area contributed by atoms with Crippen LogP contribution in [0.4, 0.5) is 4.79 Å². The highest BCUT2D eigenvalue weighted by molar-refractivity contribution is 5.78. The van der Waals surface area contributed by atoms with Crippen molar-refractivity contribution in [3.63, 3.8) is 0 Å². The highest BCUT2D eigenvalue weighted by Gasteiger charge is 2.56. The number of likely N-dealkylation sites (tertiary alicyclic amines) is 1. The molecule has 1 heterocycles. The van der Waals surface area contributed by atoms with E-state index in [0.717, 1.165) is 18.4 Å². The van der Waals surface area contributed by atoms with Crippen LogP contribution in [0, 0.1) is 11.3 Å². The van der Waals surface area contributed by atoms with Crippen LogP contribution in [0.1, 0.15) is 24.8 Å². The van der Waals surface area contributed by atoms with E-state index in [-0.39, 0.29) is 19.1 Å². The number of nitrogens with zero attached hydrogens (tertiary/aromatic N) is 1. The Morgan fingerprint density at radius 1 is 1.33 bits per heavy atom. The molecule has 1 N–H and O–H groups in total. The van der Waals surface area contributed by atoms with E-state index in [1.807, 2.05) is 30.3 Å². The first-order valence-electron chi connectivity index (χ1n) is 7.31. The summed E-state index contributed by atoms with van der Waals surface area (Å²) in [6.07, 6.45) is 2.07. The van der Waals surface area contributed by atoms with Crippen molar-refractivity contribution in [2.75, 3.05) is 13.1 Å². The molecular formula is C16H19NO4. The van der Waals surface area contributed by atoms with E-state index in [1.54, 1.807) is 4.90 Å². The topological polar surface area (TPSA) is 66.8 Å². The van der Waals surface area contributed by atoms with Crippen molar-refractivity contribution in [3.05, 3.63) is 35.9 Å². The van der Waals surface area contributed by atoms with Crippen molar-refractivity contribution < 1.29 is 19.4 Å². The van der Waals surface area contributed by atoms with Crippen LogP contribution >= 0.6 is 0 Å². The van der Waals surface area contributed by atoms with E-state index in [4.69, 9.17) is 4.74 Å². The summed E-state index contributed by atoms with van der Waals surface area (Å²) in [5, 5.41) is 9.50. The molecule has 0 radical (unpaired) electrons. The van der Waals surface area contributed by atoms with E-state index in [9.17, 15) is 14.7 Å². The van der Waals surface area contributed by atoms with Gasteiger partial charge in [0, 0.05) is 13.1 Å². The minimum Gasteiger partial charge on any atom is -0.481 e. The van der Waals surface area contributed by atoms with Crippen LogP contribution < -0.4 is 0 Å². The number of hydrogen-bond acceptors (Lipinski definition) is 3. The third-order valence-electron chi connectivity index (χ3n) is 4.76. The highest BCUT2D eigenvalue weighted by atomic mass is 16.6. The number of carboxylic acid groups (broad SMARTS) is 1. The first-order chi connectivity index (χ1) is 10.1. The van der Waals surface area contributed by atoms with Crippen LogP contribution in [0.5, 0.6) is 0 Å². The Morgan fingerprint density at radius 2 is 2.10 bits per heavy atom. The first-order valence-corrected chi connectivity index (χ1v) is 7.31. The second-order valence-electron chi connectivity index (χ2n) is 5.97. The van der Waals surface area contributed by atoms with Gasteiger partial charge in [0.15, 0.2) is 0 Å². The Balaban J connectivity index is 1.61. The Labute approximate surface area is 123 Å². The third-order valence-corrected chi connectivity index (χ3v) is 4.76. The molecule has 21 heavy (non-hydrogen) atoms. The maximum absolute atomic E-state index is 12.1. The molecule has 2 aliphatic rings. The molecule has 0 spiro atoms. The molecule has 3 rings (SSSR count). The fourth-order valence-corrected chi connectivity index (χ4v) is 3.59. The SMILES string of the molecule is O=C(OCc1ccccc1)N1C[C@@H]2CCC[C@@]2(C(=O)O)C1. The maximum atomic E-state index is 12.1. The van der Waals surface area contributed by atoms with Gasteiger partial charge in [0.05, 0.1) is 5.41 Å². The molecular weight excluding hydrogens is 270 g/mol. The van der Waals surface area contributed by atoms with Gasteiger partial charge in [-0.3, -0.25) is 4.79 Å². The van der Waals surface area contributed by atoms with Crippen LogP contribution in [0.2, 0.25) is 0 Å². The lowest BCUT2D eigenvalue weighted by molar-refractivity contribution is -0.149.